The van der Waals surface area contributed by atoms with Gasteiger partial charge in [0.1, 0.15) is 4.90 Å². The molecule has 96 valence electrons. The summed E-state index contributed by atoms with van der Waals surface area (Å²) in [6.45, 7) is -0.106. The van der Waals surface area contributed by atoms with Crippen LogP contribution in [0.2, 0.25) is 0 Å². The average Bonchev–Trinajstić information content (AvgIpc) is 2.25. The lowest BCUT2D eigenvalue weighted by Crippen LogP contribution is -2.01. The first-order chi connectivity index (χ1) is 8.27. The molecule has 18 heavy (non-hydrogen) atoms. The number of nitro groups is 1. The first-order valence-corrected chi connectivity index (χ1v) is 6.70. The summed E-state index contributed by atoms with van der Waals surface area (Å²) < 4.78 is 35.9. The van der Waals surface area contributed by atoms with Crippen molar-refractivity contribution in [3.05, 3.63) is 33.6 Å². The molecule has 0 saturated carbocycles. The molecule has 0 unspecified atom stereocenters. The van der Waals surface area contributed by atoms with Crippen LogP contribution in [0, 0.1) is 27.8 Å². The molecule has 0 atom stereocenters. The third-order valence-corrected chi connectivity index (χ3v) is 3.14. The Kier molecular flexibility index (Phi) is 4.24. The molecule has 0 aliphatic rings. The summed E-state index contributed by atoms with van der Waals surface area (Å²) in [5.74, 6) is 3.23. The second kappa shape index (κ2) is 5.30. The highest BCUT2D eigenvalue weighted by Gasteiger charge is 2.23. The van der Waals surface area contributed by atoms with Gasteiger partial charge in [-0.05, 0) is 0 Å². The molecule has 1 aromatic carbocycles. The van der Waals surface area contributed by atoms with Crippen LogP contribution in [0.5, 0.6) is 0 Å². The molecule has 1 rings (SSSR count). The van der Waals surface area contributed by atoms with Gasteiger partial charge >= 0.3 is 0 Å². The number of rotatable bonds is 2. The van der Waals surface area contributed by atoms with Gasteiger partial charge in [0, 0.05) is 22.8 Å². The minimum absolute atomic E-state index is 0.106. The van der Waals surface area contributed by atoms with Crippen LogP contribution in [-0.4, -0.2) is 19.9 Å². The van der Waals surface area contributed by atoms with Crippen LogP contribution in [0.4, 0.5) is 10.1 Å². The predicted octanol–water partition coefficient (Wildman–Crippen LogP) is 0.972. The SMILES string of the molecule is NCC#Cc1cc([N+](=O)[O-])cc(S(=O)(=O)Cl)c1F. The standard InChI is InChI=1S/C9H6ClFN2O4S/c10-18(16,17)8-5-7(13(14)15)4-6(9(8)11)2-1-3-12/h4-5H,3,12H2. The van der Waals surface area contributed by atoms with Gasteiger partial charge < -0.3 is 5.73 Å². The van der Waals surface area contributed by atoms with Gasteiger partial charge in [-0.1, -0.05) is 11.8 Å². The molecule has 0 fully saturated rings. The fourth-order valence-corrected chi connectivity index (χ4v) is 2.03. The zero-order valence-electron chi connectivity index (χ0n) is 8.68. The maximum absolute atomic E-state index is 13.7. The van der Waals surface area contributed by atoms with Gasteiger partial charge in [0.2, 0.25) is 0 Å². The first-order valence-electron chi connectivity index (χ1n) is 4.39. The van der Waals surface area contributed by atoms with E-state index < -0.39 is 35.9 Å². The van der Waals surface area contributed by atoms with Crippen molar-refractivity contribution in [2.45, 2.75) is 4.90 Å². The minimum Gasteiger partial charge on any atom is -0.320 e. The molecule has 0 amide bonds. The lowest BCUT2D eigenvalue weighted by atomic mass is 10.2. The van der Waals surface area contributed by atoms with Crippen LogP contribution >= 0.6 is 10.7 Å². The Balaban J connectivity index is 3.63. The molecule has 0 heterocycles. The number of hydrogen-bond acceptors (Lipinski definition) is 5. The van der Waals surface area contributed by atoms with Crippen molar-refractivity contribution in [1.29, 1.82) is 0 Å². The molecule has 0 bridgehead atoms. The molecule has 1 aromatic rings. The quantitative estimate of drug-likeness (QED) is 0.378. The molecule has 6 nitrogen and oxygen atoms in total. The molecular weight excluding hydrogens is 287 g/mol. The van der Waals surface area contributed by atoms with E-state index in [0.29, 0.717) is 6.07 Å². The van der Waals surface area contributed by atoms with Crippen molar-refractivity contribution in [2.75, 3.05) is 6.54 Å². The summed E-state index contributed by atoms with van der Waals surface area (Å²) in [5.41, 5.74) is 4.00. The Hall–Kier alpha value is -1.69. The third kappa shape index (κ3) is 3.16. The van der Waals surface area contributed by atoms with E-state index in [-0.39, 0.29) is 6.54 Å². The number of benzene rings is 1. The summed E-state index contributed by atoms with van der Waals surface area (Å²) in [6.07, 6.45) is 0. The smallest absolute Gasteiger partial charge is 0.272 e. The Bertz CT molecular complexity index is 663. The fraction of sp³-hybridized carbons (Fsp3) is 0.111. The second-order valence-electron chi connectivity index (χ2n) is 3.01. The zero-order chi connectivity index (χ0) is 13.9. The first kappa shape index (κ1) is 14.4. The van der Waals surface area contributed by atoms with E-state index in [0.717, 1.165) is 6.07 Å². The van der Waals surface area contributed by atoms with Gasteiger partial charge in [-0.15, -0.1) is 0 Å². The van der Waals surface area contributed by atoms with Gasteiger partial charge in [-0.3, -0.25) is 10.1 Å². The summed E-state index contributed by atoms with van der Waals surface area (Å²) in [6, 6.07) is 1.34. The van der Waals surface area contributed by atoms with Gasteiger partial charge in [0.15, 0.2) is 5.82 Å². The molecule has 0 spiro atoms. The van der Waals surface area contributed by atoms with Gasteiger partial charge in [-0.25, -0.2) is 12.8 Å². The second-order valence-corrected chi connectivity index (χ2v) is 5.54. The van der Waals surface area contributed by atoms with Crippen molar-refractivity contribution >= 4 is 25.4 Å². The molecule has 2 N–H and O–H groups in total. The number of hydrogen-bond donors (Lipinski definition) is 1. The molecule has 9 heteroatoms. The van der Waals surface area contributed by atoms with E-state index in [2.05, 4.69) is 11.8 Å². The normalized spacial score (nSPS) is 10.6. The largest absolute Gasteiger partial charge is 0.320 e. The van der Waals surface area contributed by atoms with E-state index in [1.54, 1.807) is 0 Å². The summed E-state index contributed by atoms with van der Waals surface area (Å²) in [7, 11) is 0.540. The van der Waals surface area contributed by atoms with Crippen molar-refractivity contribution < 1.29 is 17.7 Å². The predicted molar refractivity (Wildman–Crippen MR) is 62.0 cm³/mol. The molecular formula is C9H6ClFN2O4S. The molecule has 0 aromatic heterocycles. The van der Waals surface area contributed by atoms with Gasteiger partial charge in [-0.2, -0.15) is 0 Å². The number of nitrogens with two attached hydrogens (primary N) is 1. The molecule has 0 aliphatic carbocycles. The summed E-state index contributed by atoms with van der Waals surface area (Å²) in [5, 5.41) is 10.6. The maximum atomic E-state index is 13.7. The Morgan fingerprint density at radius 3 is 2.56 bits per heavy atom. The average molecular weight is 293 g/mol. The van der Waals surface area contributed by atoms with E-state index in [4.69, 9.17) is 16.4 Å². The number of nitro benzene ring substituents is 1. The topological polar surface area (TPSA) is 103 Å². The molecule has 0 saturated heterocycles. The highest BCUT2D eigenvalue weighted by Crippen LogP contribution is 2.26. The Labute approximate surface area is 106 Å². The molecule has 0 radical (unpaired) electrons. The van der Waals surface area contributed by atoms with E-state index in [1.807, 2.05) is 0 Å². The Morgan fingerprint density at radius 2 is 2.11 bits per heavy atom. The third-order valence-electron chi connectivity index (χ3n) is 1.82. The Morgan fingerprint density at radius 1 is 1.50 bits per heavy atom. The summed E-state index contributed by atoms with van der Waals surface area (Å²) in [4.78, 5) is 8.73. The zero-order valence-corrected chi connectivity index (χ0v) is 10.3. The van der Waals surface area contributed by atoms with E-state index >= 15 is 0 Å². The molecule has 0 aliphatic heterocycles. The maximum Gasteiger partial charge on any atom is 0.272 e. The lowest BCUT2D eigenvalue weighted by Gasteiger charge is -2.01. The number of nitrogens with zero attached hydrogens (tertiary/aromatic N) is 1. The van der Waals surface area contributed by atoms with Crippen LogP contribution in [0.15, 0.2) is 17.0 Å². The highest BCUT2D eigenvalue weighted by atomic mass is 35.7. The van der Waals surface area contributed by atoms with Gasteiger partial charge in [0.25, 0.3) is 14.7 Å². The van der Waals surface area contributed by atoms with Crippen molar-refractivity contribution in [1.82, 2.24) is 0 Å². The van der Waals surface area contributed by atoms with Crippen molar-refractivity contribution in [2.24, 2.45) is 5.73 Å². The van der Waals surface area contributed by atoms with Crippen LogP contribution in [0.3, 0.4) is 0 Å². The minimum atomic E-state index is -4.44. The number of halogens is 2. The number of non-ortho nitro benzene ring substituents is 1. The van der Waals surface area contributed by atoms with Gasteiger partial charge in [0.05, 0.1) is 17.0 Å². The van der Waals surface area contributed by atoms with Crippen LogP contribution < -0.4 is 5.73 Å². The van der Waals surface area contributed by atoms with Crippen molar-refractivity contribution in [3.8, 4) is 11.8 Å². The van der Waals surface area contributed by atoms with Crippen LogP contribution in [0.25, 0.3) is 0 Å². The monoisotopic (exact) mass is 292 g/mol. The van der Waals surface area contributed by atoms with Crippen LogP contribution in [-0.2, 0) is 9.05 Å². The summed E-state index contributed by atoms with van der Waals surface area (Å²) >= 11 is 0. The fourth-order valence-electron chi connectivity index (χ4n) is 1.10. The van der Waals surface area contributed by atoms with E-state index in [9.17, 15) is 22.9 Å². The lowest BCUT2D eigenvalue weighted by molar-refractivity contribution is -0.385. The van der Waals surface area contributed by atoms with E-state index in [1.165, 1.54) is 0 Å². The van der Waals surface area contributed by atoms with Crippen LogP contribution in [0.1, 0.15) is 5.56 Å². The highest BCUT2D eigenvalue weighted by molar-refractivity contribution is 8.13. The van der Waals surface area contributed by atoms with Crippen molar-refractivity contribution in [3.63, 3.8) is 0 Å².